The molecule has 2 aromatic heterocycles. The van der Waals surface area contributed by atoms with E-state index in [1.165, 1.54) is 0 Å². The SMILES string of the molecule is O=C(Nc1ccc(-c2cnc[nH]2)cc1)C1CCN(c2cnccn2)CC1. The molecule has 1 fully saturated rings. The molecule has 1 saturated heterocycles. The molecule has 7 heteroatoms. The summed E-state index contributed by atoms with van der Waals surface area (Å²) in [4.78, 5) is 30.2. The van der Waals surface area contributed by atoms with E-state index in [2.05, 4.69) is 30.2 Å². The fraction of sp³-hybridized carbons (Fsp3) is 0.263. The van der Waals surface area contributed by atoms with Crippen LogP contribution in [-0.2, 0) is 4.79 Å². The van der Waals surface area contributed by atoms with E-state index in [0.717, 1.165) is 48.7 Å². The molecule has 26 heavy (non-hydrogen) atoms. The normalized spacial score (nSPS) is 15.0. The highest BCUT2D eigenvalue weighted by Gasteiger charge is 2.25. The number of nitrogens with one attached hydrogen (secondary N) is 2. The predicted octanol–water partition coefficient (Wildman–Crippen LogP) is 2.72. The highest BCUT2D eigenvalue weighted by Crippen LogP contribution is 2.23. The molecule has 1 aliphatic rings. The van der Waals surface area contributed by atoms with E-state index >= 15 is 0 Å². The van der Waals surface area contributed by atoms with Gasteiger partial charge in [0.2, 0.25) is 5.91 Å². The van der Waals surface area contributed by atoms with Crippen LogP contribution in [0.4, 0.5) is 11.5 Å². The third kappa shape index (κ3) is 3.56. The molecule has 0 spiro atoms. The number of anilines is 2. The van der Waals surface area contributed by atoms with Gasteiger partial charge >= 0.3 is 0 Å². The molecule has 1 aromatic carbocycles. The van der Waals surface area contributed by atoms with Crippen LogP contribution in [0.25, 0.3) is 11.3 Å². The van der Waals surface area contributed by atoms with Crippen molar-refractivity contribution in [2.24, 2.45) is 5.92 Å². The zero-order valence-electron chi connectivity index (χ0n) is 14.3. The standard InChI is InChI=1S/C19H20N6O/c26-19(15-5-9-25(10-6-15)18-12-20-7-8-22-18)24-16-3-1-14(2-4-16)17-11-21-13-23-17/h1-4,7-8,11-13,15H,5-6,9-10H2,(H,21,23)(H,24,26). The Balaban J connectivity index is 1.33. The van der Waals surface area contributed by atoms with Gasteiger partial charge in [0.15, 0.2) is 0 Å². The summed E-state index contributed by atoms with van der Waals surface area (Å²) in [5, 5.41) is 3.03. The molecule has 0 bridgehead atoms. The third-order valence-electron chi connectivity index (χ3n) is 4.70. The van der Waals surface area contributed by atoms with Gasteiger partial charge in [0.05, 0.1) is 24.4 Å². The third-order valence-corrected chi connectivity index (χ3v) is 4.70. The van der Waals surface area contributed by atoms with Crippen LogP contribution < -0.4 is 10.2 Å². The summed E-state index contributed by atoms with van der Waals surface area (Å²) < 4.78 is 0. The first-order valence-corrected chi connectivity index (χ1v) is 8.70. The first kappa shape index (κ1) is 16.3. The van der Waals surface area contributed by atoms with E-state index in [4.69, 9.17) is 0 Å². The molecule has 0 radical (unpaired) electrons. The highest BCUT2D eigenvalue weighted by atomic mass is 16.1. The summed E-state index contributed by atoms with van der Waals surface area (Å²) in [5.41, 5.74) is 2.81. The zero-order chi connectivity index (χ0) is 17.8. The van der Waals surface area contributed by atoms with Crippen LogP contribution >= 0.6 is 0 Å². The molecule has 0 saturated carbocycles. The minimum Gasteiger partial charge on any atom is -0.355 e. The largest absolute Gasteiger partial charge is 0.355 e. The van der Waals surface area contributed by atoms with Gasteiger partial charge < -0.3 is 15.2 Å². The molecule has 2 N–H and O–H groups in total. The van der Waals surface area contributed by atoms with Gasteiger partial charge in [-0.1, -0.05) is 12.1 Å². The molecule has 7 nitrogen and oxygen atoms in total. The molecule has 0 atom stereocenters. The summed E-state index contributed by atoms with van der Waals surface area (Å²) in [6, 6.07) is 7.78. The maximum atomic E-state index is 12.6. The highest BCUT2D eigenvalue weighted by molar-refractivity contribution is 5.93. The lowest BCUT2D eigenvalue weighted by Gasteiger charge is -2.31. The Kier molecular flexibility index (Phi) is 4.59. The number of rotatable bonds is 4. The molecular formula is C19H20N6O. The van der Waals surface area contributed by atoms with Crippen LogP contribution in [0, 0.1) is 5.92 Å². The Morgan fingerprint density at radius 2 is 1.88 bits per heavy atom. The fourth-order valence-electron chi connectivity index (χ4n) is 3.22. The van der Waals surface area contributed by atoms with Crippen molar-refractivity contribution in [3.63, 3.8) is 0 Å². The number of benzene rings is 1. The lowest BCUT2D eigenvalue weighted by Crippen LogP contribution is -2.38. The molecule has 3 heterocycles. The van der Waals surface area contributed by atoms with Gasteiger partial charge in [-0.25, -0.2) is 9.97 Å². The average molecular weight is 348 g/mol. The van der Waals surface area contributed by atoms with Gasteiger partial charge in [-0.2, -0.15) is 0 Å². The van der Waals surface area contributed by atoms with Gasteiger partial charge in [0, 0.05) is 37.1 Å². The summed E-state index contributed by atoms with van der Waals surface area (Å²) in [6.07, 6.45) is 10.2. The molecule has 1 amide bonds. The Morgan fingerprint density at radius 3 is 2.54 bits per heavy atom. The second kappa shape index (κ2) is 7.35. The van der Waals surface area contributed by atoms with E-state index in [1.807, 2.05) is 24.3 Å². The topological polar surface area (TPSA) is 86.8 Å². The summed E-state index contributed by atoms with van der Waals surface area (Å²) in [7, 11) is 0. The van der Waals surface area contributed by atoms with Crippen molar-refractivity contribution in [2.45, 2.75) is 12.8 Å². The molecule has 1 aliphatic heterocycles. The number of carbonyl (C=O) groups excluding carboxylic acids is 1. The Hall–Kier alpha value is -3.22. The Labute approximate surface area is 151 Å². The summed E-state index contributed by atoms with van der Waals surface area (Å²) in [5.74, 6) is 0.981. The number of aromatic amines is 1. The van der Waals surface area contributed by atoms with Crippen LogP contribution in [0.1, 0.15) is 12.8 Å². The first-order chi connectivity index (χ1) is 12.8. The lowest BCUT2D eigenvalue weighted by atomic mass is 9.96. The van der Waals surface area contributed by atoms with Gasteiger partial charge in [-0.15, -0.1) is 0 Å². The number of hydrogen-bond donors (Lipinski definition) is 2. The van der Waals surface area contributed by atoms with Crippen LogP contribution in [0.2, 0.25) is 0 Å². The van der Waals surface area contributed by atoms with E-state index in [9.17, 15) is 4.79 Å². The minimum atomic E-state index is 0.0233. The van der Waals surface area contributed by atoms with Crippen molar-refractivity contribution < 1.29 is 4.79 Å². The molecule has 4 rings (SSSR count). The van der Waals surface area contributed by atoms with E-state index < -0.39 is 0 Å². The lowest BCUT2D eigenvalue weighted by molar-refractivity contribution is -0.120. The van der Waals surface area contributed by atoms with Crippen LogP contribution in [0.5, 0.6) is 0 Å². The van der Waals surface area contributed by atoms with Crippen molar-refractivity contribution in [3.05, 3.63) is 55.4 Å². The van der Waals surface area contributed by atoms with Crippen LogP contribution in [0.3, 0.4) is 0 Å². The molecule has 132 valence electrons. The predicted molar refractivity (Wildman–Crippen MR) is 99.6 cm³/mol. The number of H-pyrrole nitrogens is 1. The number of hydrogen-bond acceptors (Lipinski definition) is 5. The van der Waals surface area contributed by atoms with Crippen LogP contribution in [0.15, 0.2) is 55.4 Å². The summed E-state index contributed by atoms with van der Waals surface area (Å²) in [6.45, 7) is 1.63. The number of imidazole rings is 1. The average Bonchev–Trinajstić information content (AvgIpc) is 3.24. The number of carbonyl (C=O) groups is 1. The number of nitrogens with zero attached hydrogens (tertiary/aromatic N) is 4. The minimum absolute atomic E-state index is 0.0233. The van der Waals surface area contributed by atoms with Crippen molar-refractivity contribution in [3.8, 4) is 11.3 Å². The van der Waals surface area contributed by atoms with E-state index in [0.29, 0.717) is 0 Å². The van der Waals surface area contributed by atoms with Crippen molar-refractivity contribution in [1.82, 2.24) is 19.9 Å². The summed E-state index contributed by atoms with van der Waals surface area (Å²) >= 11 is 0. The fourth-order valence-corrected chi connectivity index (χ4v) is 3.22. The smallest absolute Gasteiger partial charge is 0.227 e. The molecular weight excluding hydrogens is 328 g/mol. The molecule has 3 aromatic rings. The maximum absolute atomic E-state index is 12.6. The second-order valence-corrected chi connectivity index (χ2v) is 6.36. The monoisotopic (exact) mass is 348 g/mol. The van der Waals surface area contributed by atoms with Crippen LogP contribution in [-0.4, -0.2) is 38.9 Å². The van der Waals surface area contributed by atoms with Gasteiger partial charge in [0.1, 0.15) is 5.82 Å². The second-order valence-electron chi connectivity index (χ2n) is 6.36. The van der Waals surface area contributed by atoms with E-state index in [1.54, 1.807) is 31.1 Å². The first-order valence-electron chi connectivity index (χ1n) is 8.70. The van der Waals surface area contributed by atoms with Gasteiger partial charge in [-0.05, 0) is 30.5 Å². The maximum Gasteiger partial charge on any atom is 0.227 e. The zero-order valence-corrected chi connectivity index (χ0v) is 14.3. The molecule has 0 unspecified atom stereocenters. The number of piperidine rings is 1. The Morgan fingerprint density at radius 1 is 1.08 bits per heavy atom. The van der Waals surface area contributed by atoms with Crippen molar-refractivity contribution >= 4 is 17.4 Å². The van der Waals surface area contributed by atoms with Crippen molar-refractivity contribution in [2.75, 3.05) is 23.3 Å². The van der Waals surface area contributed by atoms with E-state index in [-0.39, 0.29) is 11.8 Å². The Bertz CT molecular complexity index is 840. The van der Waals surface area contributed by atoms with Gasteiger partial charge in [-0.3, -0.25) is 9.78 Å². The number of amides is 1. The quantitative estimate of drug-likeness (QED) is 0.757. The van der Waals surface area contributed by atoms with Crippen molar-refractivity contribution in [1.29, 1.82) is 0 Å². The molecule has 0 aliphatic carbocycles. The number of aromatic nitrogens is 4. The van der Waals surface area contributed by atoms with Gasteiger partial charge in [0.25, 0.3) is 0 Å².